The van der Waals surface area contributed by atoms with E-state index in [2.05, 4.69) is 74.6 Å². The number of para-hydroxylation sites is 1. The molecule has 0 aliphatic rings. The van der Waals surface area contributed by atoms with Gasteiger partial charge < -0.3 is 15.4 Å². The lowest BCUT2D eigenvalue weighted by Gasteiger charge is -2.31. The molecule has 2 amide bonds. The molecule has 1 heterocycles. The maximum Gasteiger partial charge on any atom is 0.275 e. The third kappa shape index (κ3) is 7.82. The van der Waals surface area contributed by atoms with Crippen LogP contribution in [0.2, 0.25) is 0 Å². The van der Waals surface area contributed by atoms with Crippen LogP contribution >= 0.6 is 11.6 Å². The van der Waals surface area contributed by atoms with Crippen molar-refractivity contribution < 1.29 is 19.1 Å². The van der Waals surface area contributed by atoms with E-state index in [1.54, 1.807) is 63.2 Å². The summed E-state index contributed by atoms with van der Waals surface area (Å²) in [6.07, 6.45) is 1.58. The van der Waals surface area contributed by atoms with Crippen LogP contribution in [0.25, 0.3) is 11.0 Å². The SMILES string of the molecule is CCC(Oc1ccc(C(C)(C)CC)cc1C(C)(C)CC)C(=O)Nc1ccc2c(c1)nnn2C(Cl)(C(=O)Nc1ccccc1)C(=O)C(C)(C)C. The molecule has 0 fully saturated rings. The average Bonchev–Trinajstić information content (AvgIpc) is 3.50. The van der Waals surface area contributed by atoms with E-state index in [-0.39, 0.29) is 16.7 Å². The summed E-state index contributed by atoms with van der Waals surface area (Å²) in [5.74, 6) is -0.939. The molecule has 0 saturated heterocycles. The Kier molecular flexibility index (Phi) is 11.0. The molecule has 4 rings (SSSR count). The minimum Gasteiger partial charge on any atom is -0.480 e. The predicted molar refractivity (Wildman–Crippen MR) is 197 cm³/mol. The third-order valence-corrected chi connectivity index (χ3v) is 10.0. The number of carbonyl (C=O) groups is 3. The lowest BCUT2D eigenvalue weighted by molar-refractivity contribution is -0.138. The van der Waals surface area contributed by atoms with Gasteiger partial charge in [0, 0.05) is 22.4 Å². The summed E-state index contributed by atoms with van der Waals surface area (Å²) in [5.41, 5.74) is 2.79. The average molecular weight is 688 g/mol. The number of alkyl halides is 1. The molecule has 3 aromatic carbocycles. The van der Waals surface area contributed by atoms with Crippen molar-refractivity contribution in [1.82, 2.24) is 15.0 Å². The number of rotatable bonds is 13. The van der Waals surface area contributed by atoms with E-state index in [1.165, 1.54) is 5.56 Å². The highest BCUT2D eigenvalue weighted by atomic mass is 35.5. The second kappa shape index (κ2) is 14.3. The molecular weight excluding hydrogens is 638 g/mol. The van der Waals surface area contributed by atoms with Gasteiger partial charge in [0.2, 0.25) is 0 Å². The van der Waals surface area contributed by atoms with Crippen LogP contribution in [-0.4, -0.2) is 38.7 Å². The van der Waals surface area contributed by atoms with Gasteiger partial charge in [-0.3, -0.25) is 14.4 Å². The Balaban J connectivity index is 1.63. The van der Waals surface area contributed by atoms with Gasteiger partial charge in [-0.2, -0.15) is 0 Å². The first kappa shape index (κ1) is 37.6. The number of Topliss-reactive ketones (excluding diaryl/α,β-unsaturated/α-hetero) is 1. The van der Waals surface area contributed by atoms with Crippen molar-refractivity contribution in [3.8, 4) is 5.75 Å². The van der Waals surface area contributed by atoms with Gasteiger partial charge in [0.15, 0.2) is 11.9 Å². The molecule has 49 heavy (non-hydrogen) atoms. The van der Waals surface area contributed by atoms with Gasteiger partial charge in [0.25, 0.3) is 16.8 Å². The lowest BCUT2D eigenvalue weighted by atomic mass is 9.76. The highest BCUT2D eigenvalue weighted by Crippen LogP contribution is 2.39. The zero-order valence-corrected chi connectivity index (χ0v) is 31.2. The lowest BCUT2D eigenvalue weighted by Crippen LogP contribution is -2.52. The van der Waals surface area contributed by atoms with E-state index < -0.39 is 28.2 Å². The maximum atomic E-state index is 13.8. The Labute approximate surface area is 295 Å². The normalized spacial score (nSPS) is 14.2. The van der Waals surface area contributed by atoms with Gasteiger partial charge in [-0.25, -0.2) is 4.68 Å². The summed E-state index contributed by atoms with van der Waals surface area (Å²) in [5, 5.41) is 14.1. The van der Waals surface area contributed by atoms with Crippen LogP contribution in [0.4, 0.5) is 11.4 Å². The molecular formula is C39H50ClN5O4. The summed E-state index contributed by atoms with van der Waals surface area (Å²) in [4.78, 5) is 38.8. The maximum absolute atomic E-state index is 13.8. The Morgan fingerprint density at radius 2 is 1.47 bits per heavy atom. The zero-order valence-electron chi connectivity index (χ0n) is 30.4. The third-order valence-electron chi connectivity index (χ3n) is 9.51. The smallest absolute Gasteiger partial charge is 0.275 e. The first-order chi connectivity index (χ1) is 22.9. The summed E-state index contributed by atoms with van der Waals surface area (Å²) in [6, 6.07) is 20.0. The van der Waals surface area contributed by atoms with Crippen LogP contribution in [0.5, 0.6) is 5.75 Å². The Morgan fingerprint density at radius 3 is 2.06 bits per heavy atom. The van der Waals surface area contributed by atoms with E-state index in [0.29, 0.717) is 34.6 Å². The Bertz CT molecular complexity index is 1830. The van der Waals surface area contributed by atoms with Crippen molar-refractivity contribution in [2.75, 3.05) is 10.6 Å². The summed E-state index contributed by atoms with van der Waals surface area (Å²) in [6.45, 7) is 20.2. The number of halogens is 1. The number of ether oxygens (including phenoxy) is 1. The second-order valence-electron chi connectivity index (χ2n) is 14.9. The number of hydrogen-bond donors (Lipinski definition) is 2. The Morgan fingerprint density at radius 1 is 0.816 bits per heavy atom. The van der Waals surface area contributed by atoms with E-state index in [0.717, 1.165) is 23.1 Å². The van der Waals surface area contributed by atoms with Crippen LogP contribution in [0.1, 0.15) is 99.6 Å². The second-order valence-corrected chi connectivity index (χ2v) is 15.5. The number of carbonyl (C=O) groups excluding carboxylic acids is 3. The minimum atomic E-state index is -2.24. The molecule has 9 nitrogen and oxygen atoms in total. The van der Waals surface area contributed by atoms with Gasteiger partial charge in [0.1, 0.15) is 11.3 Å². The van der Waals surface area contributed by atoms with Crippen molar-refractivity contribution in [1.29, 1.82) is 0 Å². The van der Waals surface area contributed by atoms with Crippen molar-refractivity contribution in [2.24, 2.45) is 5.41 Å². The van der Waals surface area contributed by atoms with Gasteiger partial charge in [-0.1, -0.05) is 116 Å². The number of nitrogens with one attached hydrogen (secondary N) is 2. The molecule has 0 aliphatic heterocycles. The predicted octanol–water partition coefficient (Wildman–Crippen LogP) is 8.75. The number of amides is 2. The van der Waals surface area contributed by atoms with Crippen molar-refractivity contribution in [3.63, 3.8) is 0 Å². The van der Waals surface area contributed by atoms with Crippen LogP contribution in [0.3, 0.4) is 0 Å². The molecule has 0 radical (unpaired) electrons. The van der Waals surface area contributed by atoms with Gasteiger partial charge in [0.05, 0.1) is 5.52 Å². The highest BCUT2D eigenvalue weighted by molar-refractivity contribution is 6.45. The van der Waals surface area contributed by atoms with Crippen LogP contribution in [0, 0.1) is 5.41 Å². The monoisotopic (exact) mass is 687 g/mol. The molecule has 262 valence electrons. The first-order valence-electron chi connectivity index (χ1n) is 17.0. The quantitative estimate of drug-likeness (QED) is 0.107. The van der Waals surface area contributed by atoms with Crippen molar-refractivity contribution >= 4 is 51.6 Å². The van der Waals surface area contributed by atoms with Crippen molar-refractivity contribution in [2.45, 2.75) is 110 Å². The molecule has 1 aromatic heterocycles. The number of ketones is 1. The number of nitrogens with zero attached hydrogens (tertiary/aromatic N) is 3. The number of hydrogen-bond acceptors (Lipinski definition) is 6. The van der Waals surface area contributed by atoms with Gasteiger partial charge in [-0.15, -0.1) is 5.10 Å². The molecule has 2 atom stereocenters. The highest BCUT2D eigenvalue weighted by Gasteiger charge is 2.52. The zero-order chi connectivity index (χ0) is 36.4. The molecule has 2 N–H and O–H groups in total. The molecule has 10 heteroatoms. The molecule has 0 aliphatic carbocycles. The van der Waals surface area contributed by atoms with Crippen LogP contribution in [-0.2, 0) is 30.2 Å². The Hall–Kier alpha value is -4.24. The summed E-state index contributed by atoms with van der Waals surface area (Å²) >= 11 is 6.99. The topological polar surface area (TPSA) is 115 Å². The van der Waals surface area contributed by atoms with E-state index in [1.807, 2.05) is 19.1 Å². The molecule has 2 unspecified atom stereocenters. The fraction of sp³-hybridized carbons (Fsp3) is 0.462. The van der Waals surface area contributed by atoms with E-state index >= 15 is 0 Å². The minimum absolute atomic E-state index is 0.00791. The fourth-order valence-electron chi connectivity index (χ4n) is 5.43. The fourth-order valence-corrected chi connectivity index (χ4v) is 5.89. The molecule has 0 bridgehead atoms. The van der Waals surface area contributed by atoms with Crippen LogP contribution in [0.15, 0.2) is 66.7 Å². The largest absolute Gasteiger partial charge is 0.480 e. The molecule has 0 saturated carbocycles. The first-order valence-corrected chi connectivity index (χ1v) is 17.4. The summed E-state index contributed by atoms with van der Waals surface area (Å²) in [7, 11) is 0. The van der Waals surface area contributed by atoms with E-state index in [9.17, 15) is 14.4 Å². The number of benzene rings is 3. The van der Waals surface area contributed by atoms with E-state index in [4.69, 9.17) is 16.3 Å². The summed E-state index contributed by atoms with van der Waals surface area (Å²) < 4.78 is 7.58. The number of fused-ring (bicyclic) bond motifs is 1. The van der Waals surface area contributed by atoms with Crippen molar-refractivity contribution in [3.05, 3.63) is 77.9 Å². The van der Waals surface area contributed by atoms with Gasteiger partial charge >= 0.3 is 0 Å². The molecule has 0 spiro atoms. The van der Waals surface area contributed by atoms with Crippen LogP contribution < -0.4 is 15.4 Å². The number of anilines is 2. The van der Waals surface area contributed by atoms with Gasteiger partial charge in [-0.05, 0) is 72.1 Å². The number of aromatic nitrogens is 3. The molecule has 4 aromatic rings. The standard InChI is InChI=1S/C39H50ClN5O4/c1-11-31(49-32-22-19-25(37(7,8)12-2)23-28(32)38(9,10)13-3)33(46)41-27-20-21-30-29(24-27)43-44-45(30)39(40,34(47)36(4,5)6)35(48)42-26-17-15-14-16-18-26/h14-24,31H,11-13H2,1-10H3,(H,41,46)(H,42,48).